The maximum atomic E-state index is 10.8. The van der Waals surface area contributed by atoms with Gasteiger partial charge in [-0.15, -0.1) is 0 Å². The van der Waals surface area contributed by atoms with Crippen molar-refractivity contribution >= 4 is 5.91 Å². The second-order valence-electron chi connectivity index (χ2n) is 5.47. The zero-order valence-corrected chi connectivity index (χ0v) is 12.2. The lowest BCUT2D eigenvalue weighted by atomic mass is 9.94. The molecule has 18 heavy (non-hydrogen) atoms. The van der Waals surface area contributed by atoms with E-state index in [1.807, 2.05) is 0 Å². The summed E-state index contributed by atoms with van der Waals surface area (Å²) in [4.78, 5) is 13.4. The van der Waals surface area contributed by atoms with Gasteiger partial charge in [-0.25, -0.2) is 0 Å². The van der Waals surface area contributed by atoms with Crippen LogP contribution < -0.4 is 5.32 Å². The van der Waals surface area contributed by atoms with Gasteiger partial charge in [0, 0.05) is 26.6 Å². The van der Waals surface area contributed by atoms with Crippen LogP contribution in [0.2, 0.25) is 0 Å². The molecule has 1 atom stereocenters. The number of likely N-dealkylation sites (tertiary alicyclic amines) is 1. The topological polar surface area (TPSA) is 32.3 Å². The van der Waals surface area contributed by atoms with Gasteiger partial charge in [-0.1, -0.05) is 18.6 Å². The number of allylic oxidation sites excluding steroid dienone is 1. The lowest BCUT2D eigenvalue weighted by molar-refractivity contribution is -0.119. The Morgan fingerprint density at radius 1 is 1.44 bits per heavy atom. The van der Waals surface area contributed by atoms with Crippen LogP contribution >= 0.6 is 0 Å². The van der Waals surface area contributed by atoms with E-state index in [4.69, 9.17) is 0 Å². The number of carbonyl (C=O) groups excluding carboxylic acids is 1. The van der Waals surface area contributed by atoms with Gasteiger partial charge < -0.3 is 5.32 Å². The van der Waals surface area contributed by atoms with Gasteiger partial charge in [-0.05, 0) is 45.1 Å². The van der Waals surface area contributed by atoms with Crippen LogP contribution in [0.25, 0.3) is 0 Å². The lowest BCUT2D eigenvalue weighted by Crippen LogP contribution is -2.37. The molecule has 0 aliphatic carbocycles. The number of amides is 1. The molecule has 1 amide bonds. The smallest absolute Gasteiger partial charge is 0.216 e. The summed E-state index contributed by atoms with van der Waals surface area (Å²) in [7, 11) is 0. The van der Waals surface area contributed by atoms with Crippen molar-refractivity contribution in [2.75, 3.05) is 26.2 Å². The molecule has 3 nitrogen and oxygen atoms in total. The molecule has 0 unspecified atom stereocenters. The minimum absolute atomic E-state index is 0.0874. The van der Waals surface area contributed by atoms with Crippen molar-refractivity contribution in [1.29, 1.82) is 0 Å². The fraction of sp³-hybridized carbons (Fsp3) is 0.800. The Bertz CT molecular complexity index is 286. The quantitative estimate of drug-likeness (QED) is 0.737. The molecular weight excluding hydrogens is 224 g/mol. The highest BCUT2D eigenvalue weighted by atomic mass is 16.1. The van der Waals surface area contributed by atoms with E-state index in [0.29, 0.717) is 0 Å². The zero-order valence-electron chi connectivity index (χ0n) is 12.2. The monoisotopic (exact) mass is 252 g/mol. The van der Waals surface area contributed by atoms with E-state index < -0.39 is 0 Å². The van der Waals surface area contributed by atoms with E-state index in [0.717, 1.165) is 31.8 Å². The fourth-order valence-corrected chi connectivity index (χ4v) is 2.75. The normalized spacial score (nSPS) is 21.9. The van der Waals surface area contributed by atoms with Crippen molar-refractivity contribution in [2.24, 2.45) is 5.92 Å². The Hall–Kier alpha value is -0.830. The van der Waals surface area contributed by atoms with Gasteiger partial charge in [-0.2, -0.15) is 0 Å². The molecule has 1 aliphatic rings. The number of hydrogen-bond acceptors (Lipinski definition) is 2. The number of rotatable bonds is 6. The summed E-state index contributed by atoms with van der Waals surface area (Å²) in [6, 6.07) is 0. The predicted octanol–water partition coefficient (Wildman–Crippen LogP) is 2.58. The average Bonchev–Trinajstić information content (AvgIpc) is 2.29. The van der Waals surface area contributed by atoms with Gasteiger partial charge in [0.15, 0.2) is 0 Å². The molecule has 1 N–H and O–H groups in total. The molecular formula is C15H28N2O. The number of hydrogen-bond donors (Lipinski definition) is 1. The second kappa shape index (κ2) is 8.30. The molecule has 0 aromatic rings. The Morgan fingerprint density at radius 3 is 2.89 bits per heavy atom. The number of nitrogens with one attached hydrogen (secondary N) is 1. The molecule has 0 radical (unpaired) electrons. The predicted molar refractivity (Wildman–Crippen MR) is 76.5 cm³/mol. The number of carbonyl (C=O) groups is 1. The first-order chi connectivity index (χ1) is 8.61. The SMILES string of the molecule is CC/C=C(\C)CN1CCC[C@H](CCNC(C)=O)C1. The van der Waals surface area contributed by atoms with Crippen molar-refractivity contribution in [3.8, 4) is 0 Å². The molecule has 0 aromatic carbocycles. The lowest BCUT2D eigenvalue weighted by Gasteiger charge is -2.33. The van der Waals surface area contributed by atoms with Crippen LogP contribution in [0.1, 0.15) is 46.5 Å². The highest BCUT2D eigenvalue weighted by molar-refractivity contribution is 5.72. The molecule has 1 rings (SSSR count). The van der Waals surface area contributed by atoms with Gasteiger partial charge in [0.05, 0.1) is 0 Å². The molecule has 0 bridgehead atoms. The first kappa shape index (κ1) is 15.2. The van der Waals surface area contributed by atoms with Gasteiger partial charge in [0.1, 0.15) is 0 Å². The Balaban J connectivity index is 2.27. The molecule has 104 valence electrons. The third-order valence-corrected chi connectivity index (χ3v) is 3.56. The third-order valence-electron chi connectivity index (χ3n) is 3.56. The summed E-state index contributed by atoms with van der Waals surface area (Å²) in [5, 5.41) is 2.90. The summed E-state index contributed by atoms with van der Waals surface area (Å²) in [5.74, 6) is 0.837. The van der Waals surface area contributed by atoms with Crippen LogP contribution in [0.15, 0.2) is 11.6 Å². The summed E-state index contributed by atoms with van der Waals surface area (Å²) in [6.07, 6.45) is 7.18. The average molecular weight is 252 g/mol. The molecule has 0 aromatic heterocycles. The van der Waals surface area contributed by atoms with E-state index in [1.54, 1.807) is 6.92 Å². The summed E-state index contributed by atoms with van der Waals surface area (Å²) in [5.41, 5.74) is 1.49. The van der Waals surface area contributed by atoms with Crippen LogP contribution in [0, 0.1) is 5.92 Å². The Labute approximate surface area is 112 Å². The molecule has 1 aliphatic heterocycles. The second-order valence-corrected chi connectivity index (χ2v) is 5.47. The highest BCUT2D eigenvalue weighted by Crippen LogP contribution is 2.19. The zero-order chi connectivity index (χ0) is 13.4. The Kier molecular flexibility index (Phi) is 7.02. The summed E-state index contributed by atoms with van der Waals surface area (Å²) < 4.78 is 0. The third kappa shape index (κ3) is 6.20. The molecule has 0 saturated carbocycles. The summed E-state index contributed by atoms with van der Waals surface area (Å²) >= 11 is 0. The van der Waals surface area contributed by atoms with Crippen LogP contribution in [-0.4, -0.2) is 37.0 Å². The van der Waals surface area contributed by atoms with Crippen molar-refractivity contribution in [3.63, 3.8) is 0 Å². The minimum atomic E-state index is 0.0874. The van der Waals surface area contributed by atoms with Crippen LogP contribution in [0.5, 0.6) is 0 Å². The van der Waals surface area contributed by atoms with Gasteiger partial charge in [0.2, 0.25) is 5.91 Å². The molecule has 1 saturated heterocycles. The molecule has 3 heteroatoms. The van der Waals surface area contributed by atoms with E-state index in [2.05, 4.69) is 30.1 Å². The van der Waals surface area contributed by atoms with E-state index >= 15 is 0 Å². The molecule has 1 fully saturated rings. The number of piperidine rings is 1. The highest BCUT2D eigenvalue weighted by Gasteiger charge is 2.19. The standard InChI is InChI=1S/C15H28N2O/c1-4-6-13(2)11-17-10-5-7-15(12-17)8-9-16-14(3)18/h6,15H,4-5,7-12H2,1-3H3,(H,16,18)/b13-6+/t15-/m1/s1. The van der Waals surface area contributed by atoms with Crippen LogP contribution in [0.4, 0.5) is 0 Å². The van der Waals surface area contributed by atoms with Gasteiger partial charge in [-0.3, -0.25) is 9.69 Å². The van der Waals surface area contributed by atoms with Crippen LogP contribution in [-0.2, 0) is 4.79 Å². The van der Waals surface area contributed by atoms with Gasteiger partial charge in [0.25, 0.3) is 0 Å². The van der Waals surface area contributed by atoms with Crippen molar-refractivity contribution in [1.82, 2.24) is 10.2 Å². The maximum Gasteiger partial charge on any atom is 0.216 e. The first-order valence-corrected chi connectivity index (χ1v) is 7.24. The van der Waals surface area contributed by atoms with E-state index in [-0.39, 0.29) is 5.91 Å². The summed E-state index contributed by atoms with van der Waals surface area (Å²) in [6.45, 7) is 10.4. The van der Waals surface area contributed by atoms with E-state index in [9.17, 15) is 4.79 Å². The maximum absolute atomic E-state index is 10.8. The fourth-order valence-electron chi connectivity index (χ4n) is 2.75. The van der Waals surface area contributed by atoms with E-state index in [1.165, 1.54) is 31.5 Å². The molecule has 1 heterocycles. The Morgan fingerprint density at radius 2 is 2.22 bits per heavy atom. The molecule has 0 spiro atoms. The van der Waals surface area contributed by atoms with Gasteiger partial charge >= 0.3 is 0 Å². The van der Waals surface area contributed by atoms with Crippen molar-refractivity contribution in [2.45, 2.75) is 46.5 Å². The van der Waals surface area contributed by atoms with Crippen molar-refractivity contribution < 1.29 is 4.79 Å². The van der Waals surface area contributed by atoms with Crippen molar-refractivity contribution in [3.05, 3.63) is 11.6 Å². The largest absolute Gasteiger partial charge is 0.356 e. The first-order valence-electron chi connectivity index (χ1n) is 7.24. The van der Waals surface area contributed by atoms with Crippen LogP contribution in [0.3, 0.4) is 0 Å². The number of nitrogens with zero attached hydrogens (tertiary/aromatic N) is 1. The minimum Gasteiger partial charge on any atom is -0.356 e.